The van der Waals surface area contributed by atoms with E-state index in [-0.39, 0.29) is 5.91 Å². The first-order valence-corrected chi connectivity index (χ1v) is 10.0. The van der Waals surface area contributed by atoms with Crippen LogP contribution in [-0.2, 0) is 13.0 Å². The number of halogens is 1. The summed E-state index contributed by atoms with van der Waals surface area (Å²) in [6, 6.07) is 7.59. The first kappa shape index (κ1) is 19.4. The molecule has 4 rings (SSSR count). The van der Waals surface area contributed by atoms with Crippen LogP contribution in [-0.4, -0.2) is 46.3 Å². The molecule has 1 aliphatic rings. The predicted octanol–water partition coefficient (Wildman–Crippen LogP) is 3.55. The Morgan fingerprint density at radius 1 is 1.17 bits per heavy atom. The minimum atomic E-state index is -0.0178. The van der Waals surface area contributed by atoms with Gasteiger partial charge < -0.3 is 14.4 Å². The average Bonchev–Trinajstić information content (AvgIpc) is 3.07. The van der Waals surface area contributed by atoms with Gasteiger partial charge in [0.1, 0.15) is 11.5 Å². The van der Waals surface area contributed by atoms with E-state index in [0.717, 1.165) is 32.9 Å². The molecule has 0 unspecified atom stereocenters. The van der Waals surface area contributed by atoms with Crippen molar-refractivity contribution in [3.8, 4) is 17.2 Å². The molecular formula is C21H21BrN4O3. The van der Waals surface area contributed by atoms with Crippen molar-refractivity contribution in [3.05, 3.63) is 63.6 Å². The number of fused-ring (bicyclic) bond motifs is 1. The highest BCUT2D eigenvalue weighted by atomic mass is 79.9. The van der Waals surface area contributed by atoms with Gasteiger partial charge in [-0.15, -0.1) is 0 Å². The van der Waals surface area contributed by atoms with Gasteiger partial charge in [0.25, 0.3) is 5.91 Å². The molecule has 0 N–H and O–H groups in total. The summed E-state index contributed by atoms with van der Waals surface area (Å²) in [7, 11) is 3.24. The van der Waals surface area contributed by atoms with Gasteiger partial charge in [0.15, 0.2) is 0 Å². The van der Waals surface area contributed by atoms with Crippen LogP contribution in [0, 0.1) is 6.92 Å². The molecule has 0 bridgehead atoms. The second-order valence-corrected chi connectivity index (χ2v) is 7.75. The first-order chi connectivity index (χ1) is 14.0. The van der Waals surface area contributed by atoms with Crippen LogP contribution in [0.2, 0.25) is 0 Å². The SMILES string of the molecule is COc1ccc(CN2CCc3c(c(C)nn3-c3cncc(Br)c3)C2=O)c(OC)c1. The predicted molar refractivity (Wildman–Crippen MR) is 112 cm³/mol. The Labute approximate surface area is 177 Å². The quantitative estimate of drug-likeness (QED) is 0.586. The molecular weight excluding hydrogens is 436 g/mol. The standard InChI is InChI=1S/C21H21BrN4O3/c1-13-20-18(26(24-13)16-8-15(22)10-23-11-16)6-7-25(21(20)27)12-14-4-5-17(28-2)9-19(14)29-3/h4-5,8-11H,6-7,12H2,1-3H3. The molecule has 29 heavy (non-hydrogen) atoms. The fraction of sp³-hybridized carbons (Fsp3) is 0.286. The lowest BCUT2D eigenvalue weighted by atomic mass is 10.0. The number of carbonyl (C=O) groups excluding carboxylic acids is 1. The van der Waals surface area contributed by atoms with Crippen molar-refractivity contribution in [1.29, 1.82) is 0 Å². The maximum atomic E-state index is 13.3. The lowest BCUT2D eigenvalue weighted by molar-refractivity contribution is 0.0724. The first-order valence-electron chi connectivity index (χ1n) is 9.21. The summed E-state index contributed by atoms with van der Waals surface area (Å²) in [4.78, 5) is 19.3. The van der Waals surface area contributed by atoms with Crippen molar-refractivity contribution in [2.75, 3.05) is 20.8 Å². The molecule has 0 saturated carbocycles. The van der Waals surface area contributed by atoms with Crippen LogP contribution in [0.25, 0.3) is 5.69 Å². The zero-order valence-corrected chi connectivity index (χ0v) is 18.1. The Morgan fingerprint density at radius 2 is 2.00 bits per heavy atom. The van der Waals surface area contributed by atoms with Crippen LogP contribution >= 0.6 is 15.9 Å². The maximum absolute atomic E-state index is 13.3. The lowest BCUT2D eigenvalue weighted by Crippen LogP contribution is -2.37. The summed E-state index contributed by atoms with van der Waals surface area (Å²) < 4.78 is 13.4. The fourth-order valence-electron chi connectivity index (χ4n) is 3.65. The number of methoxy groups -OCH3 is 2. The largest absolute Gasteiger partial charge is 0.497 e. The monoisotopic (exact) mass is 456 g/mol. The fourth-order valence-corrected chi connectivity index (χ4v) is 4.01. The molecule has 1 aliphatic heterocycles. The van der Waals surface area contributed by atoms with Crippen LogP contribution < -0.4 is 9.47 Å². The third-order valence-electron chi connectivity index (χ3n) is 5.07. The molecule has 150 valence electrons. The van der Waals surface area contributed by atoms with E-state index in [0.29, 0.717) is 30.8 Å². The summed E-state index contributed by atoms with van der Waals surface area (Å²) in [5.41, 5.74) is 4.08. The van der Waals surface area contributed by atoms with Crippen molar-refractivity contribution in [2.24, 2.45) is 0 Å². The third-order valence-corrected chi connectivity index (χ3v) is 5.50. The van der Waals surface area contributed by atoms with Crippen LogP contribution in [0.4, 0.5) is 0 Å². The Bertz CT molecular complexity index is 1080. The second-order valence-electron chi connectivity index (χ2n) is 6.83. The van der Waals surface area contributed by atoms with Crippen LogP contribution in [0.1, 0.15) is 27.3 Å². The molecule has 0 radical (unpaired) electrons. The van der Waals surface area contributed by atoms with Gasteiger partial charge in [-0.1, -0.05) is 0 Å². The van der Waals surface area contributed by atoms with Crippen molar-refractivity contribution < 1.29 is 14.3 Å². The van der Waals surface area contributed by atoms with Crippen molar-refractivity contribution >= 4 is 21.8 Å². The Kier molecular flexibility index (Phi) is 5.27. The molecule has 0 aliphatic carbocycles. The van der Waals surface area contributed by atoms with Crippen LogP contribution in [0.15, 0.2) is 41.1 Å². The van der Waals surface area contributed by atoms with Gasteiger partial charge in [0, 0.05) is 41.8 Å². The summed E-state index contributed by atoms with van der Waals surface area (Å²) in [5, 5.41) is 4.62. The molecule has 8 heteroatoms. The number of pyridine rings is 1. The summed E-state index contributed by atoms with van der Waals surface area (Å²) >= 11 is 3.44. The third kappa shape index (κ3) is 3.60. The molecule has 3 heterocycles. The van der Waals surface area contributed by atoms with Crippen LogP contribution in [0.3, 0.4) is 0 Å². The minimum Gasteiger partial charge on any atom is -0.497 e. The highest BCUT2D eigenvalue weighted by Gasteiger charge is 2.31. The van der Waals surface area contributed by atoms with Gasteiger partial charge in [-0.25, -0.2) is 4.68 Å². The molecule has 0 spiro atoms. The van der Waals surface area contributed by atoms with Crippen molar-refractivity contribution in [1.82, 2.24) is 19.7 Å². The van der Waals surface area contributed by atoms with Gasteiger partial charge >= 0.3 is 0 Å². The number of carbonyl (C=O) groups is 1. The summed E-state index contributed by atoms with van der Waals surface area (Å²) in [5.74, 6) is 1.41. The molecule has 1 aromatic carbocycles. The molecule has 1 amide bonds. The second kappa shape index (κ2) is 7.87. The zero-order valence-electron chi connectivity index (χ0n) is 16.5. The van der Waals surface area contributed by atoms with E-state index in [2.05, 4.69) is 26.0 Å². The van der Waals surface area contributed by atoms with E-state index in [1.165, 1.54) is 0 Å². The smallest absolute Gasteiger partial charge is 0.257 e. The highest BCUT2D eigenvalue weighted by molar-refractivity contribution is 9.10. The Balaban J connectivity index is 1.65. The number of nitrogens with zero attached hydrogens (tertiary/aromatic N) is 4. The van der Waals surface area contributed by atoms with Crippen LogP contribution in [0.5, 0.6) is 11.5 Å². The average molecular weight is 457 g/mol. The van der Waals surface area contributed by atoms with E-state index in [1.807, 2.05) is 40.8 Å². The van der Waals surface area contributed by atoms with Gasteiger partial charge in [-0.2, -0.15) is 5.10 Å². The number of hydrogen-bond acceptors (Lipinski definition) is 5. The summed E-state index contributed by atoms with van der Waals surface area (Å²) in [6.45, 7) is 2.94. The Morgan fingerprint density at radius 3 is 2.72 bits per heavy atom. The molecule has 2 aromatic heterocycles. The number of rotatable bonds is 5. The molecule has 0 fully saturated rings. The van der Waals surface area contributed by atoms with Gasteiger partial charge in [0.05, 0.1) is 43.1 Å². The molecule has 7 nitrogen and oxygen atoms in total. The van der Waals surface area contributed by atoms with Crippen molar-refractivity contribution in [3.63, 3.8) is 0 Å². The maximum Gasteiger partial charge on any atom is 0.257 e. The topological polar surface area (TPSA) is 69.5 Å². The highest BCUT2D eigenvalue weighted by Crippen LogP contribution is 2.30. The van der Waals surface area contributed by atoms with E-state index in [4.69, 9.17) is 9.47 Å². The van der Waals surface area contributed by atoms with Gasteiger partial charge in [0.2, 0.25) is 0 Å². The lowest BCUT2D eigenvalue weighted by Gasteiger charge is -2.28. The molecule has 0 saturated heterocycles. The number of benzene rings is 1. The number of ether oxygens (including phenoxy) is 2. The number of aromatic nitrogens is 3. The van der Waals surface area contributed by atoms with Crippen molar-refractivity contribution in [2.45, 2.75) is 19.9 Å². The van der Waals surface area contributed by atoms with Gasteiger partial charge in [-0.3, -0.25) is 9.78 Å². The molecule has 0 atom stereocenters. The van der Waals surface area contributed by atoms with E-state index in [9.17, 15) is 4.79 Å². The van der Waals surface area contributed by atoms with E-state index < -0.39 is 0 Å². The van der Waals surface area contributed by atoms with E-state index in [1.54, 1.807) is 26.6 Å². The normalized spacial score (nSPS) is 13.4. The summed E-state index contributed by atoms with van der Waals surface area (Å²) in [6.07, 6.45) is 4.19. The Hall–Kier alpha value is -2.87. The number of aryl methyl sites for hydroxylation is 1. The van der Waals surface area contributed by atoms with Gasteiger partial charge in [-0.05, 0) is 41.1 Å². The number of hydrogen-bond donors (Lipinski definition) is 0. The minimum absolute atomic E-state index is 0.0178. The zero-order chi connectivity index (χ0) is 20.5. The number of amides is 1. The van der Waals surface area contributed by atoms with E-state index >= 15 is 0 Å². The molecule has 3 aromatic rings.